The van der Waals surface area contributed by atoms with Gasteiger partial charge in [-0.1, -0.05) is 20.8 Å². The summed E-state index contributed by atoms with van der Waals surface area (Å²) in [5.74, 6) is 1.92. The fraction of sp³-hybridized carbons (Fsp3) is 0.767. The summed E-state index contributed by atoms with van der Waals surface area (Å²) in [5, 5.41) is 22.0. The molecule has 198 valence electrons. The summed E-state index contributed by atoms with van der Waals surface area (Å²) in [6.07, 6.45) is 9.68. The summed E-state index contributed by atoms with van der Waals surface area (Å²) >= 11 is 0. The van der Waals surface area contributed by atoms with Crippen molar-refractivity contribution in [2.45, 2.75) is 97.2 Å². The summed E-state index contributed by atoms with van der Waals surface area (Å²) < 4.78 is 32.9. The molecule has 36 heavy (non-hydrogen) atoms. The van der Waals surface area contributed by atoms with Crippen LogP contribution in [0.25, 0.3) is 11.1 Å². The van der Waals surface area contributed by atoms with Gasteiger partial charge in [0.05, 0.1) is 12.2 Å². The van der Waals surface area contributed by atoms with Crippen LogP contribution in [0, 0.1) is 58.0 Å². The molecule has 0 saturated heterocycles. The monoisotopic (exact) mass is 501 g/mol. The van der Waals surface area contributed by atoms with Crippen LogP contribution >= 0.6 is 0 Å². The summed E-state index contributed by atoms with van der Waals surface area (Å²) in [6.45, 7) is 7.11. The van der Waals surface area contributed by atoms with Gasteiger partial charge in [0.2, 0.25) is 0 Å². The van der Waals surface area contributed by atoms with Gasteiger partial charge in [-0.3, -0.25) is 0 Å². The van der Waals surface area contributed by atoms with Gasteiger partial charge in [-0.05, 0) is 104 Å². The number of halogens is 2. The smallest absolute Gasteiger partial charge is 0.195 e. The van der Waals surface area contributed by atoms with Crippen molar-refractivity contribution in [2.75, 3.05) is 0 Å². The SMILES string of the molecule is CC(CCc1nc2cc(F)c(F)cc2o1)[C@H]1CC[C@H]2[C@@H]3CC[C@@H]4C[C@H](O)CC[C@]4(C)[C@H]3C[C@H](O)[C@]12C. The standard InChI is InChI=1S/C30H41F2NO3/c1-16(4-9-28-33-25-14-23(31)24(32)15-26(25)36-28)20-7-8-21-19-6-5-17-12-18(34)10-11-29(17,2)22(19)13-27(35)30(20,21)3/h14-22,27,34-35H,4-13H2,1-3H3/t16?,17-,18-,19+,20-,21+,22+,27+,29+,30-/m1/s1. The van der Waals surface area contributed by atoms with E-state index in [1.807, 2.05) is 0 Å². The number of aliphatic hydroxyl groups excluding tert-OH is 2. The molecule has 0 radical (unpaired) electrons. The van der Waals surface area contributed by atoms with Gasteiger partial charge in [-0.25, -0.2) is 13.8 Å². The lowest BCUT2D eigenvalue weighted by Crippen LogP contribution is -2.58. The van der Waals surface area contributed by atoms with Crippen molar-refractivity contribution in [3.05, 3.63) is 29.7 Å². The van der Waals surface area contributed by atoms with Crippen LogP contribution < -0.4 is 0 Å². The predicted molar refractivity (Wildman–Crippen MR) is 134 cm³/mol. The number of oxazole rings is 1. The van der Waals surface area contributed by atoms with E-state index in [9.17, 15) is 19.0 Å². The molecule has 4 saturated carbocycles. The highest BCUT2D eigenvalue weighted by molar-refractivity contribution is 5.72. The Morgan fingerprint density at radius 2 is 1.81 bits per heavy atom. The number of benzene rings is 1. The lowest BCUT2D eigenvalue weighted by Gasteiger charge is -2.62. The molecule has 0 amide bonds. The minimum Gasteiger partial charge on any atom is -0.441 e. The van der Waals surface area contributed by atoms with Gasteiger partial charge in [0, 0.05) is 18.6 Å². The van der Waals surface area contributed by atoms with E-state index < -0.39 is 11.6 Å². The van der Waals surface area contributed by atoms with Crippen LogP contribution in [0.4, 0.5) is 8.78 Å². The van der Waals surface area contributed by atoms with Crippen LogP contribution in [0.5, 0.6) is 0 Å². The first-order valence-electron chi connectivity index (χ1n) is 14.2. The Morgan fingerprint density at radius 3 is 2.61 bits per heavy atom. The van der Waals surface area contributed by atoms with Crippen LogP contribution in [0.15, 0.2) is 16.5 Å². The third kappa shape index (κ3) is 3.68. The minimum atomic E-state index is -0.916. The first-order valence-corrected chi connectivity index (χ1v) is 14.2. The lowest BCUT2D eigenvalue weighted by molar-refractivity contribution is -0.174. The topological polar surface area (TPSA) is 66.5 Å². The molecule has 2 N–H and O–H groups in total. The van der Waals surface area contributed by atoms with Crippen molar-refractivity contribution in [3.8, 4) is 0 Å². The molecule has 6 rings (SSSR count). The molecule has 0 aliphatic heterocycles. The maximum atomic E-state index is 13.6. The molecule has 4 aliphatic carbocycles. The average Bonchev–Trinajstić information content (AvgIpc) is 3.40. The minimum absolute atomic E-state index is 0.0779. The number of aryl methyl sites for hydroxylation is 1. The second-order valence-electron chi connectivity index (χ2n) is 13.2. The van der Waals surface area contributed by atoms with E-state index in [1.165, 1.54) is 19.3 Å². The maximum absolute atomic E-state index is 13.6. The van der Waals surface area contributed by atoms with E-state index >= 15 is 0 Å². The van der Waals surface area contributed by atoms with Gasteiger partial charge in [-0.2, -0.15) is 0 Å². The Kier molecular flexibility index (Phi) is 6.03. The Hall–Kier alpha value is -1.53. The van der Waals surface area contributed by atoms with Gasteiger partial charge < -0.3 is 14.6 Å². The Morgan fingerprint density at radius 1 is 1.03 bits per heavy atom. The number of rotatable bonds is 4. The number of hydrogen-bond acceptors (Lipinski definition) is 4. The zero-order valence-corrected chi connectivity index (χ0v) is 21.9. The van der Waals surface area contributed by atoms with Gasteiger partial charge >= 0.3 is 0 Å². The number of nitrogens with zero attached hydrogens (tertiary/aromatic N) is 1. The van der Waals surface area contributed by atoms with E-state index in [0.29, 0.717) is 53.3 Å². The molecular weight excluding hydrogens is 460 g/mol. The lowest BCUT2D eigenvalue weighted by atomic mass is 9.43. The van der Waals surface area contributed by atoms with E-state index in [-0.39, 0.29) is 28.6 Å². The van der Waals surface area contributed by atoms with Crippen molar-refractivity contribution < 1.29 is 23.4 Å². The van der Waals surface area contributed by atoms with Crippen molar-refractivity contribution in [1.29, 1.82) is 0 Å². The maximum Gasteiger partial charge on any atom is 0.195 e. The number of aromatic nitrogens is 1. The summed E-state index contributed by atoms with van der Waals surface area (Å²) in [7, 11) is 0. The highest BCUT2D eigenvalue weighted by Crippen LogP contribution is 2.68. The fourth-order valence-corrected chi connectivity index (χ4v) is 9.79. The largest absolute Gasteiger partial charge is 0.441 e. The Labute approximate surface area is 212 Å². The normalized spacial score (nSPS) is 43.1. The van der Waals surface area contributed by atoms with Crippen LogP contribution in [0.3, 0.4) is 0 Å². The van der Waals surface area contributed by atoms with Gasteiger partial charge in [0.15, 0.2) is 23.1 Å². The molecule has 1 aromatic carbocycles. The molecule has 1 unspecified atom stereocenters. The molecule has 6 heteroatoms. The second-order valence-corrected chi connectivity index (χ2v) is 13.2. The van der Waals surface area contributed by atoms with E-state index in [4.69, 9.17) is 4.42 Å². The van der Waals surface area contributed by atoms with E-state index in [1.54, 1.807) is 0 Å². The van der Waals surface area contributed by atoms with Crippen molar-refractivity contribution in [1.82, 2.24) is 4.98 Å². The third-order valence-electron chi connectivity index (χ3n) is 11.8. The third-order valence-corrected chi connectivity index (χ3v) is 11.8. The van der Waals surface area contributed by atoms with Gasteiger partial charge in [-0.15, -0.1) is 0 Å². The van der Waals surface area contributed by atoms with Crippen molar-refractivity contribution in [2.24, 2.45) is 46.3 Å². The number of fused-ring (bicyclic) bond motifs is 6. The second kappa shape index (κ2) is 8.76. The zero-order valence-electron chi connectivity index (χ0n) is 21.9. The summed E-state index contributed by atoms with van der Waals surface area (Å²) in [4.78, 5) is 4.39. The molecule has 0 bridgehead atoms. The molecular formula is C30H41F2NO3. The first kappa shape index (κ1) is 24.8. The summed E-state index contributed by atoms with van der Waals surface area (Å²) in [6, 6.07) is 2.17. The zero-order chi connectivity index (χ0) is 25.4. The number of hydrogen-bond donors (Lipinski definition) is 2. The molecule has 1 heterocycles. The van der Waals surface area contributed by atoms with Crippen molar-refractivity contribution >= 4 is 11.1 Å². The average molecular weight is 502 g/mol. The molecule has 4 nitrogen and oxygen atoms in total. The van der Waals surface area contributed by atoms with Gasteiger partial charge in [0.1, 0.15) is 5.52 Å². The van der Waals surface area contributed by atoms with Gasteiger partial charge in [0.25, 0.3) is 0 Å². The molecule has 0 spiro atoms. The Bertz CT molecular complexity index is 1100. The molecule has 10 atom stereocenters. The van der Waals surface area contributed by atoms with Crippen LogP contribution in [-0.4, -0.2) is 27.4 Å². The first-order chi connectivity index (χ1) is 17.1. The highest BCUT2D eigenvalue weighted by atomic mass is 19.2. The number of aliphatic hydroxyl groups is 2. The highest BCUT2D eigenvalue weighted by Gasteiger charge is 2.63. The molecule has 4 fully saturated rings. The van der Waals surface area contributed by atoms with Crippen LogP contribution in [-0.2, 0) is 6.42 Å². The molecule has 4 aliphatic rings. The van der Waals surface area contributed by atoms with E-state index in [2.05, 4.69) is 25.8 Å². The van der Waals surface area contributed by atoms with E-state index in [0.717, 1.165) is 50.7 Å². The Balaban J connectivity index is 1.18. The molecule has 1 aromatic heterocycles. The van der Waals surface area contributed by atoms with Crippen LogP contribution in [0.1, 0.15) is 84.4 Å². The molecule has 2 aromatic rings. The quantitative estimate of drug-likeness (QED) is 0.491. The predicted octanol–water partition coefficient (Wildman–Crippen LogP) is 6.67. The fourth-order valence-electron chi connectivity index (χ4n) is 9.79. The van der Waals surface area contributed by atoms with Crippen molar-refractivity contribution in [3.63, 3.8) is 0 Å². The van der Waals surface area contributed by atoms with Crippen LogP contribution in [0.2, 0.25) is 0 Å². The summed E-state index contributed by atoms with van der Waals surface area (Å²) in [5.41, 5.74) is 0.820.